The van der Waals surface area contributed by atoms with Crippen molar-refractivity contribution in [3.05, 3.63) is 72.8 Å². The maximum absolute atomic E-state index is 11.0. The molecule has 0 amide bonds. The van der Waals surface area contributed by atoms with Crippen molar-refractivity contribution in [1.82, 2.24) is 9.97 Å². The predicted octanol–water partition coefficient (Wildman–Crippen LogP) is 4.47. The fraction of sp³-hybridized carbons (Fsp3) is 0.0870. The molecule has 0 spiro atoms. The summed E-state index contributed by atoms with van der Waals surface area (Å²) >= 11 is 0. The molecule has 0 aliphatic carbocycles. The molecule has 0 bridgehead atoms. The molecule has 0 fully saturated rings. The first-order valence-corrected chi connectivity index (χ1v) is 9.12. The van der Waals surface area contributed by atoms with Gasteiger partial charge in [-0.15, -0.1) is 0 Å². The fourth-order valence-corrected chi connectivity index (χ4v) is 3.18. The van der Waals surface area contributed by atoms with Gasteiger partial charge < -0.3 is 15.2 Å². The lowest BCUT2D eigenvalue weighted by molar-refractivity contribution is -0.134. The van der Waals surface area contributed by atoms with Crippen LogP contribution in [-0.2, 0) is 4.79 Å². The number of hydrogen-bond acceptors (Lipinski definition) is 5. The lowest BCUT2D eigenvalue weighted by Crippen LogP contribution is -2.14. The molecule has 4 rings (SSSR count). The van der Waals surface area contributed by atoms with E-state index in [1.165, 1.54) is 0 Å². The van der Waals surface area contributed by atoms with Gasteiger partial charge in [0.1, 0.15) is 18.1 Å². The van der Waals surface area contributed by atoms with Crippen LogP contribution in [0.4, 0.5) is 5.82 Å². The largest absolute Gasteiger partial charge is 0.496 e. The third-order valence-corrected chi connectivity index (χ3v) is 4.57. The maximum Gasteiger partial charge on any atom is 0.322 e. The predicted molar refractivity (Wildman–Crippen MR) is 113 cm³/mol. The summed E-state index contributed by atoms with van der Waals surface area (Å²) in [5.74, 6) is 0.891. The number of ether oxygens (including phenoxy) is 1. The monoisotopic (exact) mass is 385 g/mol. The number of nitrogens with one attached hydrogen (secondary N) is 1. The Hall–Kier alpha value is -3.93. The van der Waals surface area contributed by atoms with Crippen molar-refractivity contribution in [2.75, 3.05) is 19.0 Å². The Kier molecular flexibility index (Phi) is 5.07. The number of fused-ring (bicyclic) bond motifs is 1. The lowest BCUT2D eigenvalue weighted by Gasteiger charge is -2.11. The third-order valence-electron chi connectivity index (χ3n) is 4.57. The molecule has 0 aliphatic heterocycles. The van der Waals surface area contributed by atoms with E-state index < -0.39 is 5.97 Å². The molecule has 144 valence electrons. The second kappa shape index (κ2) is 7.98. The second-order valence-electron chi connectivity index (χ2n) is 6.44. The first-order chi connectivity index (χ1) is 14.2. The summed E-state index contributed by atoms with van der Waals surface area (Å²) in [5.41, 5.74) is 3.62. The Morgan fingerprint density at radius 1 is 0.931 bits per heavy atom. The van der Waals surface area contributed by atoms with Gasteiger partial charge in [0.05, 0.1) is 12.6 Å². The molecular formula is C23H19N3O3. The van der Waals surface area contributed by atoms with E-state index >= 15 is 0 Å². The summed E-state index contributed by atoms with van der Waals surface area (Å²) < 4.78 is 5.44. The Labute approximate surface area is 167 Å². The molecule has 6 nitrogen and oxygen atoms in total. The van der Waals surface area contributed by atoms with Gasteiger partial charge >= 0.3 is 5.97 Å². The van der Waals surface area contributed by atoms with Crippen molar-refractivity contribution in [2.24, 2.45) is 0 Å². The summed E-state index contributed by atoms with van der Waals surface area (Å²) in [6.07, 6.45) is 0. The Balaban J connectivity index is 1.73. The molecule has 2 N–H and O–H groups in total. The number of carbonyl (C=O) groups is 1. The highest BCUT2D eigenvalue weighted by Crippen LogP contribution is 2.31. The molecule has 0 radical (unpaired) electrons. The summed E-state index contributed by atoms with van der Waals surface area (Å²) in [4.78, 5) is 20.2. The number of rotatable bonds is 6. The zero-order valence-electron chi connectivity index (χ0n) is 15.8. The van der Waals surface area contributed by atoms with Crippen molar-refractivity contribution >= 4 is 22.7 Å². The molecule has 6 heteroatoms. The number of carboxylic acid groups (broad SMARTS) is 1. The molecule has 29 heavy (non-hydrogen) atoms. The Morgan fingerprint density at radius 2 is 1.62 bits per heavy atom. The molecule has 0 atom stereocenters. The first kappa shape index (κ1) is 18.4. The first-order valence-electron chi connectivity index (χ1n) is 9.12. The number of para-hydroxylation sites is 2. The van der Waals surface area contributed by atoms with Gasteiger partial charge in [0.25, 0.3) is 0 Å². The van der Waals surface area contributed by atoms with Crippen molar-refractivity contribution < 1.29 is 14.6 Å². The van der Waals surface area contributed by atoms with Gasteiger partial charge in [0.2, 0.25) is 0 Å². The van der Waals surface area contributed by atoms with Gasteiger partial charge in [0, 0.05) is 16.5 Å². The average Bonchev–Trinajstić information content (AvgIpc) is 2.77. The Morgan fingerprint density at radius 3 is 2.38 bits per heavy atom. The van der Waals surface area contributed by atoms with Crippen LogP contribution in [0.3, 0.4) is 0 Å². The summed E-state index contributed by atoms with van der Waals surface area (Å²) in [6, 6.07) is 23.3. The van der Waals surface area contributed by atoms with E-state index in [1.807, 2.05) is 72.8 Å². The van der Waals surface area contributed by atoms with Crippen molar-refractivity contribution in [3.8, 4) is 28.3 Å². The zero-order valence-corrected chi connectivity index (χ0v) is 15.8. The molecule has 0 saturated heterocycles. The molecule has 1 aromatic heterocycles. The van der Waals surface area contributed by atoms with Crippen LogP contribution in [-0.4, -0.2) is 34.7 Å². The van der Waals surface area contributed by atoms with Crippen LogP contribution in [0.15, 0.2) is 72.8 Å². The van der Waals surface area contributed by atoms with E-state index in [0.717, 1.165) is 33.3 Å². The number of hydrogen-bond donors (Lipinski definition) is 2. The SMILES string of the molecule is COc1ccccc1-c1ccc(-c2nc(NCC(=O)O)c3ccccc3n2)cc1. The average molecular weight is 385 g/mol. The molecule has 0 aliphatic rings. The van der Waals surface area contributed by atoms with E-state index in [4.69, 9.17) is 9.84 Å². The van der Waals surface area contributed by atoms with Crippen molar-refractivity contribution in [2.45, 2.75) is 0 Å². The van der Waals surface area contributed by atoms with Crippen LogP contribution in [0.1, 0.15) is 0 Å². The number of anilines is 1. The number of aliphatic carboxylic acids is 1. The molecule has 0 saturated carbocycles. The number of carboxylic acids is 1. The maximum atomic E-state index is 11.0. The van der Waals surface area contributed by atoms with E-state index in [0.29, 0.717) is 11.6 Å². The summed E-state index contributed by atoms with van der Waals surface area (Å²) in [5, 5.41) is 12.7. The van der Waals surface area contributed by atoms with Gasteiger partial charge in [-0.3, -0.25) is 4.79 Å². The van der Waals surface area contributed by atoms with E-state index in [1.54, 1.807) is 7.11 Å². The molecule has 4 aromatic rings. The summed E-state index contributed by atoms with van der Waals surface area (Å²) in [6.45, 7) is -0.215. The van der Waals surface area contributed by atoms with Crippen LogP contribution in [0.5, 0.6) is 5.75 Å². The highest BCUT2D eigenvalue weighted by Gasteiger charge is 2.11. The third kappa shape index (κ3) is 3.87. The van der Waals surface area contributed by atoms with Crippen molar-refractivity contribution in [3.63, 3.8) is 0 Å². The topological polar surface area (TPSA) is 84.3 Å². The molecular weight excluding hydrogens is 366 g/mol. The minimum atomic E-state index is -0.949. The van der Waals surface area contributed by atoms with Crippen molar-refractivity contribution in [1.29, 1.82) is 0 Å². The zero-order chi connectivity index (χ0) is 20.2. The van der Waals surface area contributed by atoms with Gasteiger partial charge in [0.15, 0.2) is 5.82 Å². The fourth-order valence-electron chi connectivity index (χ4n) is 3.18. The number of aromatic nitrogens is 2. The number of methoxy groups -OCH3 is 1. The van der Waals surface area contributed by atoms with Crippen LogP contribution in [0.2, 0.25) is 0 Å². The molecule has 1 heterocycles. The minimum absolute atomic E-state index is 0.215. The van der Waals surface area contributed by atoms with Crippen LogP contribution < -0.4 is 10.1 Å². The van der Waals surface area contributed by atoms with Gasteiger partial charge in [-0.05, 0) is 23.8 Å². The molecule has 3 aromatic carbocycles. The van der Waals surface area contributed by atoms with E-state index in [9.17, 15) is 4.79 Å². The van der Waals surface area contributed by atoms with E-state index in [2.05, 4.69) is 15.3 Å². The van der Waals surface area contributed by atoms with Gasteiger partial charge in [-0.2, -0.15) is 0 Å². The second-order valence-corrected chi connectivity index (χ2v) is 6.44. The van der Waals surface area contributed by atoms with E-state index in [-0.39, 0.29) is 6.54 Å². The quantitative estimate of drug-likeness (QED) is 0.509. The summed E-state index contributed by atoms with van der Waals surface area (Å²) in [7, 11) is 1.65. The van der Waals surface area contributed by atoms with Gasteiger partial charge in [-0.1, -0.05) is 54.6 Å². The highest BCUT2D eigenvalue weighted by molar-refractivity contribution is 5.91. The smallest absolute Gasteiger partial charge is 0.322 e. The number of nitrogens with zero attached hydrogens (tertiary/aromatic N) is 2. The van der Waals surface area contributed by atoms with Crippen LogP contribution in [0, 0.1) is 0 Å². The standard InChI is InChI=1S/C23H19N3O3/c1-29-20-9-5-3-6-17(20)15-10-12-16(13-11-15)22-25-19-8-4-2-7-18(19)23(26-22)24-14-21(27)28/h2-13H,14H2,1H3,(H,27,28)(H,24,25,26). The van der Waals surface area contributed by atoms with Crippen LogP contribution >= 0.6 is 0 Å². The van der Waals surface area contributed by atoms with Gasteiger partial charge in [-0.25, -0.2) is 9.97 Å². The number of benzene rings is 3. The van der Waals surface area contributed by atoms with Crippen LogP contribution in [0.25, 0.3) is 33.4 Å². The molecule has 0 unspecified atom stereocenters. The highest BCUT2D eigenvalue weighted by atomic mass is 16.5. The Bertz CT molecular complexity index is 1170. The minimum Gasteiger partial charge on any atom is -0.496 e. The normalized spacial score (nSPS) is 10.7. The lowest BCUT2D eigenvalue weighted by atomic mass is 10.0.